The van der Waals surface area contributed by atoms with E-state index in [9.17, 15) is 5.11 Å². The summed E-state index contributed by atoms with van der Waals surface area (Å²) in [5, 5.41) is 12.6. The molecule has 1 heterocycles. The van der Waals surface area contributed by atoms with Gasteiger partial charge in [0.15, 0.2) is 0 Å². The first-order valence-corrected chi connectivity index (χ1v) is 13.0. The second-order valence-electron chi connectivity index (χ2n) is 9.61. The average molecular weight is 458 g/mol. The Bertz CT molecular complexity index is 967. The Hall–Kier alpha value is -2.62. The van der Waals surface area contributed by atoms with Gasteiger partial charge in [0.2, 0.25) is 0 Å². The van der Waals surface area contributed by atoms with Crippen LogP contribution in [0.3, 0.4) is 0 Å². The van der Waals surface area contributed by atoms with Gasteiger partial charge in [0.1, 0.15) is 5.75 Å². The molecule has 0 radical (unpaired) electrons. The second-order valence-corrected chi connectivity index (χ2v) is 9.61. The zero-order valence-corrected chi connectivity index (χ0v) is 20.5. The Morgan fingerprint density at radius 2 is 1.50 bits per heavy atom. The summed E-state index contributed by atoms with van der Waals surface area (Å²) < 4.78 is 5.83. The number of likely N-dealkylation sites (tertiary alicyclic amines) is 1. The van der Waals surface area contributed by atoms with Crippen molar-refractivity contribution < 1.29 is 9.84 Å². The Morgan fingerprint density at radius 3 is 2.15 bits per heavy atom. The van der Waals surface area contributed by atoms with Gasteiger partial charge in [0.25, 0.3) is 0 Å². The van der Waals surface area contributed by atoms with Gasteiger partial charge in [-0.2, -0.15) is 0 Å². The van der Waals surface area contributed by atoms with Crippen LogP contribution in [0.4, 0.5) is 0 Å². The lowest BCUT2D eigenvalue weighted by Crippen LogP contribution is -2.43. The van der Waals surface area contributed by atoms with E-state index < -0.39 is 5.60 Å². The number of aryl methyl sites for hydroxylation is 1. The quantitative estimate of drug-likeness (QED) is 0.354. The monoisotopic (exact) mass is 457 g/mol. The highest BCUT2D eigenvalue weighted by molar-refractivity contribution is 5.36. The molecule has 3 heteroatoms. The third kappa shape index (κ3) is 6.28. The van der Waals surface area contributed by atoms with E-state index in [1.54, 1.807) is 0 Å². The summed E-state index contributed by atoms with van der Waals surface area (Å²) in [6, 6.07) is 29.3. The average Bonchev–Trinajstić information content (AvgIpc) is 2.91. The van der Waals surface area contributed by atoms with Gasteiger partial charge in [-0.1, -0.05) is 86.1 Å². The molecule has 34 heavy (non-hydrogen) atoms. The minimum atomic E-state index is -0.988. The zero-order chi connectivity index (χ0) is 23.6. The molecule has 3 nitrogen and oxygen atoms in total. The van der Waals surface area contributed by atoms with Gasteiger partial charge in [-0.3, -0.25) is 0 Å². The third-order valence-corrected chi connectivity index (χ3v) is 7.13. The number of hydrogen-bond donors (Lipinski definition) is 1. The van der Waals surface area contributed by atoms with Crippen molar-refractivity contribution >= 4 is 0 Å². The highest BCUT2D eigenvalue weighted by Crippen LogP contribution is 2.42. The SMILES string of the molecule is CCCOc1ccc([C@](O)(CCc2ccccc2)[C@H](CN2CCCCC2)c2ccccc2)cc1. The molecule has 0 spiro atoms. The molecule has 1 N–H and O–H groups in total. The molecule has 1 aliphatic rings. The van der Waals surface area contributed by atoms with Crippen LogP contribution < -0.4 is 4.74 Å². The largest absolute Gasteiger partial charge is 0.494 e. The standard InChI is InChI=1S/C31H39NO2/c1-2-24-34-29-18-16-28(17-19-29)31(33,21-20-26-12-6-3-7-13-26)30(27-14-8-4-9-15-27)25-32-22-10-5-11-23-32/h3-4,6-9,12-19,30,33H,2,5,10-11,20-25H2,1H3/t30-,31-/m1/s1. The number of benzene rings is 3. The molecule has 1 saturated heterocycles. The lowest BCUT2D eigenvalue weighted by molar-refractivity contribution is -0.0144. The van der Waals surface area contributed by atoms with E-state index in [4.69, 9.17) is 4.74 Å². The molecule has 180 valence electrons. The van der Waals surface area contributed by atoms with Crippen LogP contribution in [0.15, 0.2) is 84.9 Å². The van der Waals surface area contributed by atoms with Crippen LogP contribution in [0, 0.1) is 0 Å². The molecule has 0 aliphatic carbocycles. The summed E-state index contributed by atoms with van der Waals surface area (Å²) in [6.45, 7) is 5.91. The van der Waals surface area contributed by atoms with E-state index in [-0.39, 0.29) is 5.92 Å². The van der Waals surface area contributed by atoms with Crippen LogP contribution in [-0.2, 0) is 12.0 Å². The predicted molar refractivity (Wildman–Crippen MR) is 140 cm³/mol. The van der Waals surface area contributed by atoms with E-state index >= 15 is 0 Å². The fourth-order valence-corrected chi connectivity index (χ4v) is 5.18. The molecule has 1 aliphatic heterocycles. The number of aliphatic hydroxyl groups is 1. The maximum absolute atomic E-state index is 12.6. The highest BCUT2D eigenvalue weighted by atomic mass is 16.5. The molecule has 3 aromatic carbocycles. The smallest absolute Gasteiger partial charge is 0.119 e. The lowest BCUT2D eigenvalue weighted by atomic mass is 9.73. The van der Waals surface area contributed by atoms with Gasteiger partial charge in [-0.25, -0.2) is 0 Å². The Balaban J connectivity index is 1.69. The first kappa shape index (κ1) is 24.5. The first-order chi connectivity index (χ1) is 16.7. The fourth-order valence-electron chi connectivity index (χ4n) is 5.18. The normalized spacial score (nSPS) is 17.1. The van der Waals surface area contributed by atoms with Crippen molar-refractivity contribution in [2.24, 2.45) is 0 Å². The van der Waals surface area contributed by atoms with Gasteiger partial charge < -0.3 is 14.7 Å². The number of piperidine rings is 1. The summed E-state index contributed by atoms with van der Waals surface area (Å²) in [7, 11) is 0. The number of rotatable bonds is 11. The molecule has 4 rings (SSSR count). The van der Waals surface area contributed by atoms with Gasteiger partial charge in [0, 0.05) is 12.5 Å². The Labute approximate surface area is 205 Å². The molecule has 0 bridgehead atoms. The van der Waals surface area contributed by atoms with Crippen molar-refractivity contribution in [1.29, 1.82) is 0 Å². The first-order valence-electron chi connectivity index (χ1n) is 13.0. The number of ether oxygens (including phenoxy) is 1. The molecular weight excluding hydrogens is 418 g/mol. The molecule has 0 saturated carbocycles. The van der Waals surface area contributed by atoms with Crippen LogP contribution >= 0.6 is 0 Å². The lowest BCUT2D eigenvalue weighted by Gasteiger charge is -2.41. The molecule has 0 aromatic heterocycles. The van der Waals surface area contributed by atoms with Crippen molar-refractivity contribution in [1.82, 2.24) is 4.90 Å². The van der Waals surface area contributed by atoms with Gasteiger partial charge in [0.05, 0.1) is 12.2 Å². The van der Waals surface area contributed by atoms with Crippen molar-refractivity contribution in [3.63, 3.8) is 0 Å². The summed E-state index contributed by atoms with van der Waals surface area (Å²) in [5.74, 6) is 0.848. The van der Waals surface area contributed by atoms with E-state index in [2.05, 4.69) is 78.6 Å². The molecule has 2 atom stereocenters. The van der Waals surface area contributed by atoms with Crippen LogP contribution in [0.5, 0.6) is 5.75 Å². The van der Waals surface area contributed by atoms with Gasteiger partial charge in [-0.15, -0.1) is 0 Å². The molecular formula is C31H39NO2. The molecule has 1 fully saturated rings. The zero-order valence-electron chi connectivity index (χ0n) is 20.5. The van der Waals surface area contributed by atoms with Gasteiger partial charge in [-0.05, 0) is 74.0 Å². The van der Waals surface area contributed by atoms with E-state index in [1.165, 1.54) is 30.4 Å². The van der Waals surface area contributed by atoms with Crippen molar-refractivity contribution in [2.75, 3.05) is 26.2 Å². The molecule has 3 aromatic rings. The van der Waals surface area contributed by atoms with Gasteiger partial charge >= 0.3 is 0 Å². The minimum Gasteiger partial charge on any atom is -0.494 e. The van der Waals surface area contributed by atoms with Crippen LogP contribution in [-0.4, -0.2) is 36.2 Å². The molecule has 0 unspecified atom stereocenters. The fraction of sp³-hybridized carbons (Fsp3) is 0.419. The topological polar surface area (TPSA) is 32.7 Å². The Kier molecular flexibility index (Phi) is 8.79. The van der Waals surface area contributed by atoms with Crippen molar-refractivity contribution in [3.8, 4) is 5.75 Å². The van der Waals surface area contributed by atoms with E-state index in [1.807, 2.05) is 18.2 Å². The summed E-state index contributed by atoms with van der Waals surface area (Å²) in [6.07, 6.45) is 6.27. The third-order valence-electron chi connectivity index (χ3n) is 7.13. The minimum absolute atomic E-state index is 0.0158. The summed E-state index contributed by atoms with van der Waals surface area (Å²) >= 11 is 0. The van der Waals surface area contributed by atoms with E-state index in [0.717, 1.165) is 43.8 Å². The predicted octanol–water partition coefficient (Wildman–Crippen LogP) is 6.57. The van der Waals surface area contributed by atoms with Crippen molar-refractivity contribution in [2.45, 2.75) is 57.0 Å². The van der Waals surface area contributed by atoms with E-state index in [0.29, 0.717) is 13.0 Å². The summed E-state index contributed by atoms with van der Waals surface area (Å²) in [4.78, 5) is 2.55. The molecule has 0 amide bonds. The maximum Gasteiger partial charge on any atom is 0.119 e. The maximum atomic E-state index is 12.6. The summed E-state index contributed by atoms with van der Waals surface area (Å²) in [5.41, 5.74) is 2.44. The van der Waals surface area contributed by atoms with Crippen LogP contribution in [0.2, 0.25) is 0 Å². The van der Waals surface area contributed by atoms with Crippen LogP contribution in [0.1, 0.15) is 61.6 Å². The van der Waals surface area contributed by atoms with Crippen LogP contribution in [0.25, 0.3) is 0 Å². The Morgan fingerprint density at radius 1 is 0.853 bits per heavy atom. The highest BCUT2D eigenvalue weighted by Gasteiger charge is 2.40. The number of hydrogen-bond acceptors (Lipinski definition) is 3. The van der Waals surface area contributed by atoms with Crippen molar-refractivity contribution in [3.05, 3.63) is 102 Å². The number of nitrogens with zero attached hydrogens (tertiary/aromatic N) is 1. The second kappa shape index (κ2) is 12.2.